The summed E-state index contributed by atoms with van der Waals surface area (Å²) in [5, 5.41) is 0. The minimum atomic E-state index is -5.36. The van der Waals surface area contributed by atoms with Gasteiger partial charge >= 0.3 is 5.51 Å². The number of hydrogen-bond acceptors (Lipinski definition) is 4. The SMILES string of the molecule is O=Cc1ccc(-c2ccc(S(=O)(=O)C(F)(F)F)cc2)o1. The predicted octanol–water partition coefficient (Wildman–Crippen LogP) is 3.05. The number of carbonyl (C=O) groups excluding carboxylic acids is 1. The zero-order chi connectivity index (χ0) is 15.0. The highest BCUT2D eigenvalue weighted by Gasteiger charge is 2.46. The second kappa shape index (κ2) is 4.78. The van der Waals surface area contributed by atoms with E-state index in [1.807, 2.05) is 0 Å². The first kappa shape index (κ1) is 14.3. The molecule has 4 nitrogen and oxygen atoms in total. The third kappa shape index (κ3) is 2.46. The molecule has 0 aliphatic carbocycles. The summed E-state index contributed by atoms with van der Waals surface area (Å²) in [6, 6.07) is 6.86. The summed E-state index contributed by atoms with van der Waals surface area (Å²) in [6.45, 7) is 0. The van der Waals surface area contributed by atoms with E-state index in [9.17, 15) is 26.4 Å². The van der Waals surface area contributed by atoms with Crippen LogP contribution in [0.2, 0.25) is 0 Å². The summed E-state index contributed by atoms with van der Waals surface area (Å²) in [6.07, 6.45) is 0.478. The number of benzene rings is 1. The summed E-state index contributed by atoms with van der Waals surface area (Å²) in [7, 11) is -5.36. The molecule has 106 valence electrons. The van der Waals surface area contributed by atoms with E-state index in [0.29, 0.717) is 11.8 Å². The zero-order valence-electron chi connectivity index (χ0n) is 9.72. The Morgan fingerprint density at radius 1 is 1.00 bits per heavy atom. The van der Waals surface area contributed by atoms with Crippen LogP contribution < -0.4 is 0 Å². The van der Waals surface area contributed by atoms with Crippen molar-refractivity contribution in [2.45, 2.75) is 10.4 Å². The molecular formula is C12H7F3O4S. The van der Waals surface area contributed by atoms with Crippen LogP contribution in [0.3, 0.4) is 0 Å². The molecule has 20 heavy (non-hydrogen) atoms. The maximum atomic E-state index is 12.3. The van der Waals surface area contributed by atoms with Crippen molar-refractivity contribution < 1.29 is 30.8 Å². The second-order valence-corrected chi connectivity index (χ2v) is 5.73. The van der Waals surface area contributed by atoms with Crippen molar-refractivity contribution in [3.8, 4) is 11.3 Å². The van der Waals surface area contributed by atoms with Gasteiger partial charge in [-0.1, -0.05) is 0 Å². The van der Waals surface area contributed by atoms with Gasteiger partial charge in [-0.3, -0.25) is 4.79 Å². The molecule has 8 heteroatoms. The molecule has 1 aromatic carbocycles. The molecule has 0 spiro atoms. The van der Waals surface area contributed by atoms with Crippen LogP contribution in [0.4, 0.5) is 13.2 Å². The van der Waals surface area contributed by atoms with Crippen molar-refractivity contribution in [3.05, 3.63) is 42.2 Å². The monoisotopic (exact) mass is 304 g/mol. The topological polar surface area (TPSA) is 64.3 Å². The van der Waals surface area contributed by atoms with Crippen LogP contribution in [0, 0.1) is 0 Å². The average Bonchev–Trinajstić information content (AvgIpc) is 2.86. The third-order valence-electron chi connectivity index (χ3n) is 2.50. The molecule has 0 fully saturated rings. The van der Waals surface area contributed by atoms with Crippen LogP contribution in [-0.4, -0.2) is 20.2 Å². The molecule has 1 aromatic heterocycles. The number of rotatable bonds is 3. The molecule has 0 N–H and O–H groups in total. The summed E-state index contributed by atoms with van der Waals surface area (Å²) in [5.41, 5.74) is -4.98. The van der Waals surface area contributed by atoms with Crippen LogP contribution in [0.25, 0.3) is 11.3 Å². The first-order chi connectivity index (χ1) is 9.25. The van der Waals surface area contributed by atoms with E-state index in [2.05, 4.69) is 0 Å². The first-order valence-corrected chi connectivity index (χ1v) is 6.71. The molecule has 0 atom stereocenters. The summed E-state index contributed by atoms with van der Waals surface area (Å²) >= 11 is 0. The molecule has 0 radical (unpaired) electrons. The standard InChI is InChI=1S/C12H7F3O4S/c13-12(14,15)20(17,18)10-4-1-8(2-5-10)11-6-3-9(7-16)19-11/h1-7H. The van der Waals surface area contributed by atoms with Gasteiger partial charge in [-0.2, -0.15) is 13.2 Å². The minimum absolute atomic E-state index is 0.0620. The lowest BCUT2D eigenvalue weighted by atomic mass is 10.2. The number of alkyl halides is 3. The normalized spacial score (nSPS) is 12.3. The molecule has 0 saturated heterocycles. The van der Waals surface area contributed by atoms with Crippen LogP contribution in [0.1, 0.15) is 10.6 Å². The molecule has 0 aliphatic heterocycles. The maximum absolute atomic E-state index is 12.3. The van der Waals surface area contributed by atoms with E-state index in [1.54, 1.807) is 0 Å². The Labute approximate surface area is 111 Å². The molecular weight excluding hydrogens is 297 g/mol. The van der Waals surface area contributed by atoms with Crippen molar-refractivity contribution in [2.24, 2.45) is 0 Å². The molecule has 2 rings (SSSR count). The Morgan fingerprint density at radius 3 is 2.05 bits per heavy atom. The van der Waals surface area contributed by atoms with E-state index in [0.717, 1.165) is 12.1 Å². The Hall–Kier alpha value is -2.09. The maximum Gasteiger partial charge on any atom is 0.501 e. The zero-order valence-corrected chi connectivity index (χ0v) is 10.5. The van der Waals surface area contributed by atoms with Gasteiger partial charge in [0.25, 0.3) is 9.84 Å². The van der Waals surface area contributed by atoms with Crippen LogP contribution in [0.15, 0.2) is 45.7 Å². The highest BCUT2D eigenvalue weighted by Crippen LogP contribution is 2.31. The van der Waals surface area contributed by atoms with Gasteiger partial charge in [0.2, 0.25) is 0 Å². The molecule has 0 unspecified atom stereocenters. The molecule has 2 aromatic rings. The minimum Gasteiger partial charge on any atom is -0.453 e. The van der Waals surface area contributed by atoms with E-state index in [-0.39, 0.29) is 11.5 Å². The third-order valence-corrected chi connectivity index (χ3v) is 4.00. The van der Waals surface area contributed by atoms with Gasteiger partial charge in [-0.05, 0) is 36.4 Å². The first-order valence-electron chi connectivity index (χ1n) is 5.22. The fourth-order valence-corrected chi connectivity index (χ4v) is 2.26. The van der Waals surface area contributed by atoms with E-state index >= 15 is 0 Å². The smallest absolute Gasteiger partial charge is 0.453 e. The van der Waals surface area contributed by atoms with Gasteiger partial charge in [0, 0.05) is 5.56 Å². The van der Waals surface area contributed by atoms with Crippen molar-refractivity contribution in [1.82, 2.24) is 0 Å². The Bertz CT molecular complexity index is 727. The van der Waals surface area contributed by atoms with E-state index < -0.39 is 20.2 Å². The predicted molar refractivity (Wildman–Crippen MR) is 62.8 cm³/mol. The largest absolute Gasteiger partial charge is 0.501 e. The Morgan fingerprint density at radius 2 is 1.60 bits per heavy atom. The van der Waals surface area contributed by atoms with Gasteiger partial charge in [-0.15, -0.1) is 0 Å². The van der Waals surface area contributed by atoms with Gasteiger partial charge < -0.3 is 4.42 Å². The Balaban J connectivity index is 2.38. The quantitative estimate of drug-likeness (QED) is 0.818. The van der Waals surface area contributed by atoms with Crippen LogP contribution in [0.5, 0.6) is 0 Å². The van der Waals surface area contributed by atoms with Gasteiger partial charge in [-0.25, -0.2) is 8.42 Å². The van der Waals surface area contributed by atoms with Crippen molar-refractivity contribution in [2.75, 3.05) is 0 Å². The Kier molecular flexibility index (Phi) is 3.43. The van der Waals surface area contributed by atoms with Crippen LogP contribution in [-0.2, 0) is 9.84 Å². The molecule has 0 aliphatic rings. The fourth-order valence-electron chi connectivity index (χ4n) is 1.50. The molecule has 0 bridgehead atoms. The highest BCUT2D eigenvalue weighted by atomic mass is 32.2. The van der Waals surface area contributed by atoms with Crippen LogP contribution >= 0.6 is 0 Å². The van der Waals surface area contributed by atoms with Gasteiger partial charge in [0.1, 0.15) is 5.76 Å². The summed E-state index contributed by atoms with van der Waals surface area (Å²) < 4.78 is 64.4. The number of furan rings is 1. The number of hydrogen-bond donors (Lipinski definition) is 0. The average molecular weight is 304 g/mol. The number of halogens is 3. The molecule has 1 heterocycles. The van der Waals surface area contributed by atoms with Gasteiger partial charge in [0.05, 0.1) is 4.90 Å². The number of aldehydes is 1. The second-order valence-electron chi connectivity index (χ2n) is 3.79. The molecule has 0 saturated carbocycles. The molecule has 0 amide bonds. The number of sulfone groups is 1. The lowest BCUT2D eigenvalue weighted by molar-refractivity contribution is -0.0436. The van der Waals surface area contributed by atoms with Crippen molar-refractivity contribution in [3.63, 3.8) is 0 Å². The van der Waals surface area contributed by atoms with Crippen molar-refractivity contribution >= 4 is 16.1 Å². The fraction of sp³-hybridized carbons (Fsp3) is 0.0833. The highest BCUT2D eigenvalue weighted by molar-refractivity contribution is 7.92. The van der Waals surface area contributed by atoms with E-state index in [1.165, 1.54) is 24.3 Å². The number of carbonyl (C=O) groups is 1. The van der Waals surface area contributed by atoms with Crippen molar-refractivity contribution in [1.29, 1.82) is 0 Å². The lowest BCUT2D eigenvalue weighted by Gasteiger charge is -2.08. The lowest BCUT2D eigenvalue weighted by Crippen LogP contribution is -2.23. The summed E-state index contributed by atoms with van der Waals surface area (Å²) in [5.74, 6) is 0.315. The summed E-state index contributed by atoms with van der Waals surface area (Å²) in [4.78, 5) is 9.60. The van der Waals surface area contributed by atoms with Gasteiger partial charge in [0.15, 0.2) is 12.0 Å². The van der Waals surface area contributed by atoms with E-state index in [4.69, 9.17) is 4.42 Å².